The molecule has 0 rings (SSSR count). The molecule has 0 aromatic heterocycles. The van der Waals surface area contributed by atoms with Gasteiger partial charge in [-0.25, -0.2) is 0 Å². The lowest BCUT2D eigenvalue weighted by atomic mass is 10.1. The molecule has 0 aromatic carbocycles. The van der Waals surface area contributed by atoms with Crippen molar-refractivity contribution in [2.75, 3.05) is 13.6 Å². The Labute approximate surface area is 51.5 Å². The van der Waals surface area contributed by atoms with Gasteiger partial charge < -0.3 is 5.32 Å². The zero-order valence-corrected chi connectivity index (χ0v) is 5.57. The molecular weight excluding hydrogens is 98.1 g/mol. The van der Waals surface area contributed by atoms with Gasteiger partial charge in [0.05, 0.1) is 0 Å². The van der Waals surface area contributed by atoms with E-state index in [1.165, 1.54) is 0 Å². The highest BCUT2D eigenvalue weighted by atomic mass is 14.8. The highest BCUT2D eigenvalue weighted by Gasteiger charge is 1.94. The van der Waals surface area contributed by atoms with Crippen molar-refractivity contribution in [2.24, 2.45) is 5.92 Å². The van der Waals surface area contributed by atoms with E-state index >= 15 is 0 Å². The van der Waals surface area contributed by atoms with E-state index in [2.05, 4.69) is 18.2 Å². The van der Waals surface area contributed by atoms with Crippen LogP contribution < -0.4 is 5.32 Å². The van der Waals surface area contributed by atoms with Crippen molar-refractivity contribution in [2.45, 2.75) is 13.3 Å². The van der Waals surface area contributed by atoms with E-state index in [1.54, 1.807) is 0 Å². The molecule has 0 fully saturated rings. The molecule has 0 bridgehead atoms. The molecule has 0 radical (unpaired) electrons. The highest BCUT2D eigenvalue weighted by molar-refractivity contribution is 4.85. The molecular formula is C7H13N. The maximum absolute atomic E-state index is 5.08. The molecule has 0 saturated carbocycles. The number of nitrogens with one attached hydrogen (secondary N) is 1. The summed E-state index contributed by atoms with van der Waals surface area (Å²) in [4.78, 5) is 0. The summed E-state index contributed by atoms with van der Waals surface area (Å²) in [6.45, 7) is 3.15. The zero-order chi connectivity index (χ0) is 6.41. The van der Waals surface area contributed by atoms with Gasteiger partial charge in [0, 0.05) is 6.42 Å². The van der Waals surface area contributed by atoms with Crippen LogP contribution in [0.15, 0.2) is 0 Å². The normalized spacial score (nSPS) is 12.6. The molecule has 1 N–H and O–H groups in total. The van der Waals surface area contributed by atoms with E-state index in [9.17, 15) is 0 Å². The van der Waals surface area contributed by atoms with Crippen molar-refractivity contribution >= 4 is 0 Å². The lowest BCUT2D eigenvalue weighted by Gasteiger charge is -2.03. The lowest BCUT2D eigenvalue weighted by molar-refractivity contribution is 0.559. The van der Waals surface area contributed by atoms with Gasteiger partial charge in [-0.1, -0.05) is 6.92 Å². The second-order valence-corrected chi connectivity index (χ2v) is 2.07. The summed E-state index contributed by atoms with van der Waals surface area (Å²) in [5, 5.41) is 3.06. The molecule has 1 unspecified atom stereocenters. The summed E-state index contributed by atoms with van der Waals surface area (Å²) in [7, 11) is 1.94. The third kappa shape index (κ3) is 3.70. The molecule has 0 heterocycles. The Morgan fingerprint density at radius 2 is 2.38 bits per heavy atom. The first-order valence-corrected chi connectivity index (χ1v) is 2.89. The summed E-state index contributed by atoms with van der Waals surface area (Å²) < 4.78 is 0. The van der Waals surface area contributed by atoms with E-state index in [1.807, 2.05) is 7.05 Å². The van der Waals surface area contributed by atoms with Crippen LogP contribution in [0.2, 0.25) is 0 Å². The van der Waals surface area contributed by atoms with Crippen LogP contribution in [0.4, 0.5) is 0 Å². The smallest absolute Gasteiger partial charge is 0.0124 e. The predicted molar refractivity (Wildman–Crippen MR) is 36.5 cm³/mol. The van der Waals surface area contributed by atoms with Crippen LogP contribution in [0.1, 0.15) is 13.3 Å². The summed E-state index contributed by atoms with van der Waals surface area (Å²) >= 11 is 0. The van der Waals surface area contributed by atoms with Crippen molar-refractivity contribution < 1.29 is 0 Å². The Balaban J connectivity index is 3.08. The fourth-order valence-corrected chi connectivity index (χ4v) is 0.622. The third-order valence-electron chi connectivity index (χ3n) is 1.02. The Morgan fingerprint density at radius 1 is 1.75 bits per heavy atom. The van der Waals surface area contributed by atoms with Crippen molar-refractivity contribution in [3.8, 4) is 12.3 Å². The first kappa shape index (κ1) is 7.52. The van der Waals surface area contributed by atoms with Gasteiger partial charge in [-0.15, -0.1) is 12.3 Å². The largest absolute Gasteiger partial charge is 0.319 e. The molecule has 0 aliphatic heterocycles. The van der Waals surface area contributed by atoms with E-state index in [-0.39, 0.29) is 0 Å². The molecule has 0 aliphatic carbocycles. The minimum absolute atomic E-state index is 0.616. The molecule has 1 nitrogen and oxygen atoms in total. The van der Waals surface area contributed by atoms with E-state index in [4.69, 9.17) is 6.42 Å². The summed E-state index contributed by atoms with van der Waals surface area (Å²) in [5.41, 5.74) is 0. The first-order chi connectivity index (χ1) is 3.81. The van der Waals surface area contributed by atoms with E-state index in [0.717, 1.165) is 13.0 Å². The standard InChI is InChI=1S/C7H13N/c1-4-5-7(2)6-8-3/h1,7-8H,5-6H2,2-3H3. The molecule has 0 aromatic rings. The Kier molecular flexibility index (Phi) is 4.39. The van der Waals surface area contributed by atoms with Crippen LogP contribution >= 0.6 is 0 Å². The molecule has 1 atom stereocenters. The fraction of sp³-hybridized carbons (Fsp3) is 0.714. The number of terminal acetylenes is 1. The van der Waals surface area contributed by atoms with Crippen molar-refractivity contribution in [1.29, 1.82) is 0 Å². The highest BCUT2D eigenvalue weighted by Crippen LogP contribution is 1.95. The monoisotopic (exact) mass is 111 g/mol. The number of hydrogen-bond donors (Lipinski definition) is 1. The summed E-state index contributed by atoms with van der Waals surface area (Å²) in [5.74, 6) is 3.23. The topological polar surface area (TPSA) is 12.0 Å². The van der Waals surface area contributed by atoms with Crippen LogP contribution in [-0.4, -0.2) is 13.6 Å². The van der Waals surface area contributed by atoms with Gasteiger partial charge in [0.2, 0.25) is 0 Å². The quantitative estimate of drug-likeness (QED) is 0.533. The van der Waals surface area contributed by atoms with Crippen LogP contribution in [0.5, 0.6) is 0 Å². The Bertz CT molecular complexity index is 80.9. The molecule has 0 spiro atoms. The molecule has 0 amide bonds. The lowest BCUT2D eigenvalue weighted by Crippen LogP contribution is -2.15. The zero-order valence-electron chi connectivity index (χ0n) is 5.57. The molecule has 0 aliphatic rings. The number of rotatable bonds is 3. The van der Waals surface area contributed by atoms with Crippen molar-refractivity contribution in [3.63, 3.8) is 0 Å². The molecule has 8 heavy (non-hydrogen) atoms. The van der Waals surface area contributed by atoms with Gasteiger partial charge in [-0.05, 0) is 19.5 Å². The summed E-state index contributed by atoms with van der Waals surface area (Å²) in [6.07, 6.45) is 5.96. The van der Waals surface area contributed by atoms with E-state index in [0.29, 0.717) is 5.92 Å². The first-order valence-electron chi connectivity index (χ1n) is 2.89. The SMILES string of the molecule is C#CCC(C)CNC. The van der Waals surface area contributed by atoms with Crippen LogP contribution in [-0.2, 0) is 0 Å². The maximum Gasteiger partial charge on any atom is 0.0124 e. The average molecular weight is 111 g/mol. The van der Waals surface area contributed by atoms with Gasteiger partial charge in [-0.3, -0.25) is 0 Å². The Hall–Kier alpha value is -0.480. The third-order valence-corrected chi connectivity index (χ3v) is 1.02. The fourth-order valence-electron chi connectivity index (χ4n) is 0.622. The van der Waals surface area contributed by atoms with Gasteiger partial charge in [0.15, 0.2) is 0 Å². The van der Waals surface area contributed by atoms with Gasteiger partial charge >= 0.3 is 0 Å². The van der Waals surface area contributed by atoms with Crippen molar-refractivity contribution in [3.05, 3.63) is 0 Å². The average Bonchev–Trinajstić information content (AvgIpc) is 1.68. The van der Waals surface area contributed by atoms with E-state index < -0.39 is 0 Å². The minimum Gasteiger partial charge on any atom is -0.319 e. The number of hydrogen-bond acceptors (Lipinski definition) is 1. The molecule has 0 saturated heterocycles. The van der Waals surface area contributed by atoms with Crippen LogP contribution in [0.25, 0.3) is 0 Å². The second-order valence-electron chi connectivity index (χ2n) is 2.07. The molecule has 46 valence electrons. The van der Waals surface area contributed by atoms with Gasteiger partial charge in [0.1, 0.15) is 0 Å². The minimum atomic E-state index is 0.616. The summed E-state index contributed by atoms with van der Waals surface area (Å²) in [6, 6.07) is 0. The maximum atomic E-state index is 5.08. The van der Waals surface area contributed by atoms with Gasteiger partial charge in [-0.2, -0.15) is 0 Å². The van der Waals surface area contributed by atoms with Crippen LogP contribution in [0.3, 0.4) is 0 Å². The van der Waals surface area contributed by atoms with Crippen molar-refractivity contribution in [1.82, 2.24) is 5.32 Å². The van der Waals surface area contributed by atoms with Crippen LogP contribution in [0, 0.1) is 18.3 Å². The second kappa shape index (κ2) is 4.67. The van der Waals surface area contributed by atoms with Gasteiger partial charge in [0.25, 0.3) is 0 Å². The Morgan fingerprint density at radius 3 is 2.75 bits per heavy atom. The predicted octanol–water partition coefficient (Wildman–Crippen LogP) is 0.865. The molecule has 1 heteroatoms.